The molecule has 0 aliphatic carbocycles. The SMILES string of the molecule is Ic1cccc(Oc2ccc3ccoc3c2)c1. The van der Waals surface area contributed by atoms with Crippen molar-refractivity contribution in [1.29, 1.82) is 0 Å². The van der Waals surface area contributed by atoms with E-state index in [1.807, 2.05) is 48.5 Å². The number of hydrogen-bond acceptors (Lipinski definition) is 2. The van der Waals surface area contributed by atoms with Gasteiger partial charge < -0.3 is 9.15 Å². The topological polar surface area (TPSA) is 22.4 Å². The second-order valence-corrected chi connectivity index (χ2v) is 4.93. The molecule has 0 fully saturated rings. The minimum atomic E-state index is 0.787. The fraction of sp³-hybridized carbons (Fsp3) is 0. The lowest BCUT2D eigenvalue weighted by Crippen LogP contribution is -1.84. The largest absolute Gasteiger partial charge is 0.464 e. The summed E-state index contributed by atoms with van der Waals surface area (Å²) in [6.07, 6.45) is 1.68. The number of fused-ring (bicyclic) bond motifs is 1. The van der Waals surface area contributed by atoms with Crippen LogP contribution in [0.3, 0.4) is 0 Å². The van der Waals surface area contributed by atoms with E-state index >= 15 is 0 Å². The van der Waals surface area contributed by atoms with Crippen molar-refractivity contribution in [3.8, 4) is 11.5 Å². The first kappa shape index (κ1) is 10.7. The maximum atomic E-state index is 5.77. The van der Waals surface area contributed by atoms with Gasteiger partial charge >= 0.3 is 0 Å². The Morgan fingerprint density at radius 1 is 0.941 bits per heavy atom. The molecule has 17 heavy (non-hydrogen) atoms. The number of hydrogen-bond donors (Lipinski definition) is 0. The summed E-state index contributed by atoms with van der Waals surface area (Å²) < 4.78 is 12.3. The monoisotopic (exact) mass is 336 g/mol. The van der Waals surface area contributed by atoms with Crippen LogP contribution in [0, 0.1) is 3.57 Å². The maximum absolute atomic E-state index is 5.77. The van der Waals surface area contributed by atoms with Crippen molar-refractivity contribution in [3.05, 3.63) is 58.4 Å². The molecular formula is C14H9IO2. The van der Waals surface area contributed by atoms with Crippen LogP contribution in [0.2, 0.25) is 0 Å². The summed E-state index contributed by atoms with van der Waals surface area (Å²) in [5.74, 6) is 1.62. The summed E-state index contributed by atoms with van der Waals surface area (Å²) in [6.45, 7) is 0. The van der Waals surface area contributed by atoms with E-state index in [0.29, 0.717) is 0 Å². The van der Waals surface area contributed by atoms with E-state index in [9.17, 15) is 0 Å². The van der Waals surface area contributed by atoms with Crippen LogP contribution in [0.25, 0.3) is 11.0 Å². The molecule has 84 valence electrons. The van der Waals surface area contributed by atoms with E-state index in [4.69, 9.17) is 9.15 Å². The summed E-state index contributed by atoms with van der Waals surface area (Å²) in [7, 11) is 0. The Bertz CT molecular complexity index is 658. The first-order valence-corrected chi connectivity index (χ1v) is 6.30. The van der Waals surface area contributed by atoms with E-state index in [1.165, 1.54) is 0 Å². The van der Waals surface area contributed by atoms with Crippen molar-refractivity contribution in [3.63, 3.8) is 0 Å². The van der Waals surface area contributed by atoms with Crippen molar-refractivity contribution in [2.24, 2.45) is 0 Å². The van der Waals surface area contributed by atoms with Gasteiger partial charge in [0.25, 0.3) is 0 Å². The van der Waals surface area contributed by atoms with Gasteiger partial charge in [0, 0.05) is 15.0 Å². The van der Waals surface area contributed by atoms with Gasteiger partial charge in [-0.25, -0.2) is 0 Å². The standard InChI is InChI=1S/C14H9IO2/c15-11-2-1-3-12(8-11)17-13-5-4-10-6-7-16-14(10)9-13/h1-9H. The van der Waals surface area contributed by atoms with Gasteiger partial charge in [-0.1, -0.05) is 6.07 Å². The Balaban J connectivity index is 1.94. The normalized spacial score (nSPS) is 10.6. The molecule has 0 saturated carbocycles. The molecule has 2 aromatic carbocycles. The van der Waals surface area contributed by atoms with Gasteiger partial charge in [-0.2, -0.15) is 0 Å². The van der Waals surface area contributed by atoms with Crippen molar-refractivity contribution in [1.82, 2.24) is 0 Å². The van der Waals surface area contributed by atoms with Crippen LogP contribution in [0.15, 0.2) is 59.2 Å². The van der Waals surface area contributed by atoms with Crippen LogP contribution in [0.1, 0.15) is 0 Å². The van der Waals surface area contributed by atoms with E-state index in [0.717, 1.165) is 26.0 Å². The highest BCUT2D eigenvalue weighted by Gasteiger charge is 2.01. The predicted molar refractivity (Wildman–Crippen MR) is 75.4 cm³/mol. The number of ether oxygens (including phenoxy) is 1. The average molecular weight is 336 g/mol. The van der Waals surface area contributed by atoms with Gasteiger partial charge in [0.05, 0.1) is 6.26 Å². The lowest BCUT2D eigenvalue weighted by Gasteiger charge is -2.05. The molecule has 1 heterocycles. The van der Waals surface area contributed by atoms with E-state index in [2.05, 4.69) is 22.6 Å². The summed E-state index contributed by atoms with van der Waals surface area (Å²) in [5, 5.41) is 1.08. The van der Waals surface area contributed by atoms with Crippen LogP contribution in [0.5, 0.6) is 11.5 Å². The van der Waals surface area contributed by atoms with Crippen LogP contribution >= 0.6 is 22.6 Å². The third kappa shape index (κ3) is 2.29. The molecule has 0 radical (unpaired) electrons. The highest BCUT2D eigenvalue weighted by molar-refractivity contribution is 14.1. The summed E-state index contributed by atoms with van der Waals surface area (Å²) in [6, 6.07) is 15.7. The maximum Gasteiger partial charge on any atom is 0.137 e. The van der Waals surface area contributed by atoms with Crippen LogP contribution < -0.4 is 4.74 Å². The highest BCUT2D eigenvalue weighted by Crippen LogP contribution is 2.26. The van der Waals surface area contributed by atoms with Gasteiger partial charge in [-0.05, 0) is 59.0 Å². The zero-order valence-electron chi connectivity index (χ0n) is 8.89. The van der Waals surface area contributed by atoms with Crippen molar-refractivity contribution in [2.45, 2.75) is 0 Å². The Hall–Kier alpha value is -1.49. The van der Waals surface area contributed by atoms with Gasteiger partial charge in [-0.15, -0.1) is 0 Å². The molecule has 0 saturated heterocycles. The Kier molecular flexibility index (Phi) is 2.76. The Morgan fingerprint density at radius 3 is 2.71 bits per heavy atom. The molecule has 0 unspecified atom stereocenters. The third-order valence-electron chi connectivity index (χ3n) is 2.46. The van der Waals surface area contributed by atoms with Gasteiger partial charge in [0.15, 0.2) is 0 Å². The number of benzene rings is 2. The molecule has 3 rings (SSSR count). The molecule has 3 aromatic rings. The van der Waals surface area contributed by atoms with Crippen LogP contribution in [-0.2, 0) is 0 Å². The zero-order valence-corrected chi connectivity index (χ0v) is 11.0. The van der Waals surface area contributed by atoms with Crippen molar-refractivity contribution in [2.75, 3.05) is 0 Å². The molecule has 0 atom stereocenters. The average Bonchev–Trinajstić information content (AvgIpc) is 2.76. The molecule has 0 bridgehead atoms. The zero-order chi connectivity index (χ0) is 11.7. The lowest BCUT2D eigenvalue weighted by molar-refractivity contribution is 0.481. The fourth-order valence-electron chi connectivity index (χ4n) is 1.67. The summed E-state index contributed by atoms with van der Waals surface area (Å²) in [5.41, 5.74) is 0.841. The molecule has 0 aliphatic heterocycles. The van der Waals surface area contributed by atoms with E-state index in [-0.39, 0.29) is 0 Å². The number of furan rings is 1. The Morgan fingerprint density at radius 2 is 1.82 bits per heavy atom. The first-order chi connectivity index (χ1) is 8.31. The predicted octanol–water partition coefficient (Wildman–Crippen LogP) is 4.83. The van der Waals surface area contributed by atoms with Crippen LogP contribution in [0.4, 0.5) is 0 Å². The van der Waals surface area contributed by atoms with E-state index < -0.39 is 0 Å². The van der Waals surface area contributed by atoms with Crippen molar-refractivity contribution >= 4 is 33.6 Å². The van der Waals surface area contributed by atoms with Gasteiger partial charge in [0.1, 0.15) is 17.1 Å². The fourth-order valence-corrected chi connectivity index (χ4v) is 2.18. The quantitative estimate of drug-likeness (QED) is 0.626. The molecule has 0 spiro atoms. The second kappa shape index (κ2) is 4.41. The third-order valence-corrected chi connectivity index (χ3v) is 3.13. The first-order valence-electron chi connectivity index (χ1n) is 5.22. The van der Waals surface area contributed by atoms with Crippen molar-refractivity contribution < 1.29 is 9.15 Å². The van der Waals surface area contributed by atoms with E-state index in [1.54, 1.807) is 6.26 Å². The van der Waals surface area contributed by atoms with Gasteiger partial charge in [-0.3, -0.25) is 0 Å². The minimum Gasteiger partial charge on any atom is -0.464 e. The highest BCUT2D eigenvalue weighted by atomic mass is 127. The molecule has 2 nitrogen and oxygen atoms in total. The minimum absolute atomic E-state index is 0.787. The van der Waals surface area contributed by atoms with Crippen LogP contribution in [-0.4, -0.2) is 0 Å². The molecular weight excluding hydrogens is 327 g/mol. The second-order valence-electron chi connectivity index (χ2n) is 3.68. The molecule has 3 heteroatoms. The number of rotatable bonds is 2. The smallest absolute Gasteiger partial charge is 0.137 e. The molecule has 0 amide bonds. The number of halogens is 1. The molecule has 0 N–H and O–H groups in total. The lowest BCUT2D eigenvalue weighted by atomic mass is 10.2. The summed E-state index contributed by atoms with van der Waals surface area (Å²) >= 11 is 2.26. The van der Waals surface area contributed by atoms with Gasteiger partial charge in [0.2, 0.25) is 0 Å². The molecule has 0 aliphatic rings. The Labute approximate surface area is 112 Å². The molecule has 1 aromatic heterocycles. The summed E-state index contributed by atoms with van der Waals surface area (Å²) in [4.78, 5) is 0.